The highest BCUT2D eigenvalue weighted by molar-refractivity contribution is 5.88. The van der Waals surface area contributed by atoms with Gasteiger partial charge in [-0.15, -0.1) is 0 Å². The van der Waals surface area contributed by atoms with Gasteiger partial charge in [-0.05, 0) is 49.7 Å². The Morgan fingerprint density at radius 2 is 1.96 bits per heavy atom. The summed E-state index contributed by atoms with van der Waals surface area (Å²) in [5, 5.41) is 8.51. The molecule has 4 rings (SSSR count). The zero-order valence-electron chi connectivity index (χ0n) is 15.3. The van der Waals surface area contributed by atoms with Crippen molar-refractivity contribution in [2.75, 3.05) is 0 Å². The zero-order valence-corrected chi connectivity index (χ0v) is 15.3. The fourth-order valence-electron chi connectivity index (χ4n) is 3.14. The Hall–Kier alpha value is -3.48. The van der Waals surface area contributed by atoms with Gasteiger partial charge >= 0.3 is 0 Å². The molecule has 4 aromatic heterocycles. The Morgan fingerprint density at radius 3 is 2.70 bits per heavy atom. The molecule has 7 heteroatoms. The lowest BCUT2D eigenvalue weighted by molar-refractivity contribution is -0.121. The molecule has 0 radical (unpaired) electrons. The minimum Gasteiger partial charge on any atom is -0.349 e. The highest BCUT2D eigenvalue weighted by atomic mass is 16.2. The van der Waals surface area contributed by atoms with Crippen LogP contribution in [-0.2, 0) is 17.9 Å². The van der Waals surface area contributed by atoms with Crippen LogP contribution in [0, 0.1) is 13.8 Å². The van der Waals surface area contributed by atoms with Crippen LogP contribution < -0.4 is 5.32 Å². The first kappa shape index (κ1) is 17.0. The largest absolute Gasteiger partial charge is 0.349 e. The first-order valence-corrected chi connectivity index (χ1v) is 8.76. The fourth-order valence-corrected chi connectivity index (χ4v) is 3.14. The van der Waals surface area contributed by atoms with Crippen molar-refractivity contribution in [3.05, 3.63) is 71.9 Å². The van der Waals surface area contributed by atoms with Crippen molar-refractivity contribution in [1.82, 2.24) is 29.6 Å². The lowest BCUT2D eigenvalue weighted by atomic mass is 10.2. The van der Waals surface area contributed by atoms with Crippen LogP contribution in [0.3, 0.4) is 0 Å². The van der Waals surface area contributed by atoms with Crippen molar-refractivity contribution in [3.8, 4) is 5.82 Å². The minimum absolute atomic E-state index is 0.0977. The predicted octanol–water partition coefficient (Wildman–Crippen LogP) is 2.55. The number of pyridine rings is 2. The third kappa shape index (κ3) is 3.44. The van der Waals surface area contributed by atoms with E-state index in [-0.39, 0.29) is 12.5 Å². The highest BCUT2D eigenvalue weighted by Crippen LogP contribution is 2.25. The van der Waals surface area contributed by atoms with E-state index in [4.69, 9.17) is 0 Å². The second-order valence-corrected chi connectivity index (χ2v) is 6.45. The third-order valence-corrected chi connectivity index (χ3v) is 4.34. The molecule has 0 fully saturated rings. The van der Waals surface area contributed by atoms with Gasteiger partial charge in [-0.2, -0.15) is 5.10 Å². The number of nitrogens with one attached hydrogen (secondary N) is 1. The van der Waals surface area contributed by atoms with E-state index in [0.29, 0.717) is 12.2 Å². The van der Waals surface area contributed by atoms with Gasteiger partial charge in [-0.1, -0.05) is 6.07 Å². The fraction of sp³-hybridized carbons (Fsp3) is 0.200. The number of carbonyl (C=O) groups excluding carboxylic acids is 1. The van der Waals surface area contributed by atoms with E-state index in [1.54, 1.807) is 10.9 Å². The summed E-state index contributed by atoms with van der Waals surface area (Å²) in [5.74, 6) is 0.641. The maximum Gasteiger partial charge on any atom is 0.242 e. The number of hydrogen-bond donors (Lipinski definition) is 1. The van der Waals surface area contributed by atoms with Crippen molar-refractivity contribution in [2.45, 2.75) is 26.9 Å². The average molecular weight is 360 g/mol. The summed E-state index contributed by atoms with van der Waals surface area (Å²) in [6, 6.07) is 11.5. The molecular formula is C20H20N6O. The van der Waals surface area contributed by atoms with Crippen LogP contribution in [-0.4, -0.2) is 30.2 Å². The molecule has 0 unspecified atom stereocenters. The molecule has 1 amide bonds. The van der Waals surface area contributed by atoms with E-state index in [1.165, 1.54) is 0 Å². The van der Waals surface area contributed by atoms with E-state index in [9.17, 15) is 4.79 Å². The molecule has 0 aliphatic rings. The van der Waals surface area contributed by atoms with Crippen LogP contribution in [0.15, 0.2) is 55.0 Å². The number of aryl methyl sites for hydroxylation is 2. The van der Waals surface area contributed by atoms with E-state index < -0.39 is 0 Å². The quantitative estimate of drug-likeness (QED) is 0.593. The zero-order chi connectivity index (χ0) is 18.8. The van der Waals surface area contributed by atoms with E-state index in [1.807, 2.05) is 67.2 Å². The van der Waals surface area contributed by atoms with Crippen LogP contribution in [0.1, 0.15) is 17.0 Å². The van der Waals surface area contributed by atoms with Gasteiger partial charge in [0.2, 0.25) is 5.91 Å². The van der Waals surface area contributed by atoms with Crippen molar-refractivity contribution in [3.63, 3.8) is 0 Å². The van der Waals surface area contributed by atoms with Crippen molar-refractivity contribution < 1.29 is 4.79 Å². The van der Waals surface area contributed by atoms with Crippen LogP contribution >= 0.6 is 0 Å². The van der Waals surface area contributed by atoms with Crippen LogP contribution in [0.4, 0.5) is 0 Å². The SMILES string of the molecule is Cc1cc(C)c2c(-n3cccc3)nn(CC(=O)NCc3ccccn3)c2n1. The number of carbonyl (C=O) groups is 1. The molecule has 7 nitrogen and oxygen atoms in total. The van der Waals surface area contributed by atoms with Gasteiger partial charge in [0.1, 0.15) is 6.54 Å². The summed E-state index contributed by atoms with van der Waals surface area (Å²) in [5.41, 5.74) is 3.51. The molecule has 27 heavy (non-hydrogen) atoms. The van der Waals surface area contributed by atoms with Crippen LogP contribution in [0.5, 0.6) is 0 Å². The van der Waals surface area contributed by atoms with Crippen LogP contribution in [0.25, 0.3) is 16.9 Å². The smallest absolute Gasteiger partial charge is 0.242 e. The molecule has 0 aliphatic carbocycles. The first-order valence-electron chi connectivity index (χ1n) is 8.76. The average Bonchev–Trinajstić information content (AvgIpc) is 3.29. The lowest BCUT2D eigenvalue weighted by Crippen LogP contribution is -2.28. The Morgan fingerprint density at radius 1 is 1.15 bits per heavy atom. The predicted molar refractivity (Wildman–Crippen MR) is 102 cm³/mol. The summed E-state index contributed by atoms with van der Waals surface area (Å²) in [7, 11) is 0. The third-order valence-electron chi connectivity index (χ3n) is 4.34. The summed E-state index contributed by atoms with van der Waals surface area (Å²) in [6.07, 6.45) is 5.58. The van der Waals surface area contributed by atoms with Gasteiger partial charge in [0, 0.05) is 24.3 Å². The van der Waals surface area contributed by atoms with Gasteiger partial charge in [-0.25, -0.2) is 9.67 Å². The second-order valence-electron chi connectivity index (χ2n) is 6.45. The molecule has 0 aliphatic heterocycles. The molecule has 0 saturated carbocycles. The number of fused-ring (bicyclic) bond motifs is 1. The Balaban J connectivity index is 1.64. The minimum atomic E-state index is -0.134. The molecule has 4 heterocycles. The second kappa shape index (κ2) is 7.03. The highest BCUT2D eigenvalue weighted by Gasteiger charge is 2.17. The van der Waals surface area contributed by atoms with Gasteiger partial charge in [0.05, 0.1) is 17.6 Å². The topological polar surface area (TPSA) is 77.6 Å². The van der Waals surface area contributed by atoms with Gasteiger partial charge in [0.25, 0.3) is 0 Å². The van der Waals surface area contributed by atoms with Crippen molar-refractivity contribution in [2.24, 2.45) is 0 Å². The van der Waals surface area contributed by atoms with Gasteiger partial charge < -0.3 is 9.88 Å². The maximum atomic E-state index is 12.5. The van der Waals surface area contributed by atoms with Crippen molar-refractivity contribution in [1.29, 1.82) is 0 Å². The summed E-state index contributed by atoms with van der Waals surface area (Å²) < 4.78 is 3.60. The number of nitrogens with zero attached hydrogens (tertiary/aromatic N) is 5. The van der Waals surface area contributed by atoms with E-state index >= 15 is 0 Å². The lowest BCUT2D eigenvalue weighted by Gasteiger charge is -2.06. The molecular weight excluding hydrogens is 340 g/mol. The summed E-state index contributed by atoms with van der Waals surface area (Å²) >= 11 is 0. The monoisotopic (exact) mass is 360 g/mol. The first-order chi connectivity index (χ1) is 13.1. The number of hydrogen-bond acceptors (Lipinski definition) is 4. The summed E-state index contributed by atoms with van der Waals surface area (Å²) in [4.78, 5) is 21.3. The standard InChI is InChI=1S/C20H20N6O/c1-14-11-15(2)23-19-18(14)20(25-9-5-6-10-25)24-26(19)13-17(27)22-12-16-7-3-4-8-21-16/h3-11H,12-13H2,1-2H3,(H,22,27). The molecule has 0 atom stereocenters. The van der Waals surface area contributed by atoms with E-state index in [0.717, 1.165) is 28.2 Å². The Kier molecular flexibility index (Phi) is 4.42. The molecule has 0 bridgehead atoms. The van der Waals surface area contributed by atoms with Crippen molar-refractivity contribution >= 4 is 16.9 Å². The van der Waals surface area contributed by atoms with Gasteiger partial charge in [0.15, 0.2) is 11.5 Å². The Labute approximate surface area is 156 Å². The molecule has 0 aromatic carbocycles. The molecule has 4 aromatic rings. The summed E-state index contributed by atoms with van der Waals surface area (Å²) in [6.45, 7) is 4.47. The molecule has 136 valence electrons. The Bertz CT molecular complexity index is 1080. The normalized spacial score (nSPS) is 11.0. The molecule has 0 saturated heterocycles. The number of rotatable bonds is 5. The number of amides is 1. The molecule has 0 spiro atoms. The number of aromatic nitrogens is 5. The maximum absolute atomic E-state index is 12.5. The van der Waals surface area contributed by atoms with E-state index in [2.05, 4.69) is 20.4 Å². The molecule has 1 N–H and O–H groups in total. The van der Waals surface area contributed by atoms with Crippen LogP contribution in [0.2, 0.25) is 0 Å². The van der Waals surface area contributed by atoms with Gasteiger partial charge in [-0.3, -0.25) is 9.78 Å².